The first kappa shape index (κ1) is 20.1. The number of H-pyrrole nitrogens is 1. The third kappa shape index (κ3) is 3.81. The molecule has 1 unspecified atom stereocenters. The van der Waals surface area contributed by atoms with Crippen LogP contribution in [0, 0.1) is 0 Å². The third-order valence-electron chi connectivity index (χ3n) is 5.37. The molecule has 4 rings (SSSR count). The molecule has 1 aliphatic heterocycles. The van der Waals surface area contributed by atoms with Gasteiger partial charge in [-0.15, -0.1) is 0 Å². The van der Waals surface area contributed by atoms with Crippen molar-refractivity contribution < 1.29 is 14.7 Å². The molecule has 0 radical (unpaired) electrons. The molecule has 1 atom stereocenters. The Balaban J connectivity index is 1.57. The normalized spacial score (nSPS) is 13.9. The number of carbonyl (C=O) groups excluding carboxylic acids is 1. The van der Waals surface area contributed by atoms with Gasteiger partial charge in [0.2, 0.25) is 5.91 Å². The second-order valence-corrected chi connectivity index (χ2v) is 7.73. The van der Waals surface area contributed by atoms with E-state index in [2.05, 4.69) is 10.2 Å². The van der Waals surface area contributed by atoms with Crippen molar-refractivity contribution in [2.24, 2.45) is 5.73 Å². The quantitative estimate of drug-likeness (QED) is 0.561. The van der Waals surface area contributed by atoms with Gasteiger partial charge in [0.1, 0.15) is 0 Å². The molecule has 2 aromatic carbocycles. The van der Waals surface area contributed by atoms with E-state index in [1.54, 1.807) is 35.2 Å². The van der Waals surface area contributed by atoms with Crippen molar-refractivity contribution in [1.82, 2.24) is 15.1 Å². The number of carbonyl (C=O) groups is 2. The Hall–Kier alpha value is -3.16. The average Bonchev–Trinajstić information content (AvgIpc) is 3.32. The number of hydrogen-bond donors (Lipinski definition) is 3. The standard InChI is InChI=1S/C22H21ClN4O3/c23-16-3-1-2-15(10-16)17(8-9-24)21(28)27-11-18-19(12-27)25-26-20(18)13-4-6-14(7-5-13)22(29)30/h1-7,10,17H,8-9,11-12,24H2,(H,25,26)(H,29,30). The molecule has 1 aliphatic rings. The molecule has 8 heteroatoms. The van der Waals surface area contributed by atoms with E-state index in [-0.39, 0.29) is 17.4 Å². The number of fused-ring (bicyclic) bond motifs is 1. The molecule has 154 valence electrons. The first-order valence-corrected chi connectivity index (χ1v) is 10.00. The Bertz CT molecular complexity index is 1090. The molecule has 3 aromatic rings. The van der Waals surface area contributed by atoms with Crippen molar-refractivity contribution in [3.8, 4) is 11.3 Å². The predicted molar refractivity (Wildman–Crippen MR) is 113 cm³/mol. The fourth-order valence-electron chi connectivity index (χ4n) is 3.85. The van der Waals surface area contributed by atoms with Crippen molar-refractivity contribution in [1.29, 1.82) is 0 Å². The third-order valence-corrected chi connectivity index (χ3v) is 5.61. The van der Waals surface area contributed by atoms with Crippen LogP contribution in [-0.4, -0.2) is 38.6 Å². The minimum absolute atomic E-state index is 0.000471. The molecule has 1 aromatic heterocycles. The van der Waals surface area contributed by atoms with Crippen LogP contribution < -0.4 is 5.73 Å². The maximum atomic E-state index is 13.3. The summed E-state index contributed by atoms with van der Waals surface area (Å²) in [4.78, 5) is 26.2. The van der Waals surface area contributed by atoms with Crippen LogP contribution >= 0.6 is 11.6 Å². The van der Waals surface area contributed by atoms with E-state index in [0.29, 0.717) is 31.1 Å². The summed E-state index contributed by atoms with van der Waals surface area (Å²) in [6, 6.07) is 13.9. The van der Waals surface area contributed by atoms with E-state index in [1.807, 2.05) is 18.2 Å². The second-order valence-electron chi connectivity index (χ2n) is 7.29. The number of nitrogens with one attached hydrogen (secondary N) is 1. The monoisotopic (exact) mass is 424 g/mol. The lowest BCUT2D eigenvalue weighted by molar-refractivity contribution is -0.133. The zero-order chi connectivity index (χ0) is 21.3. The van der Waals surface area contributed by atoms with Crippen LogP contribution in [0.4, 0.5) is 0 Å². The predicted octanol–water partition coefficient (Wildman–Crippen LogP) is 3.40. The minimum Gasteiger partial charge on any atom is -0.478 e. The number of hydrogen-bond acceptors (Lipinski definition) is 4. The molecule has 30 heavy (non-hydrogen) atoms. The summed E-state index contributed by atoms with van der Waals surface area (Å²) < 4.78 is 0. The summed E-state index contributed by atoms with van der Waals surface area (Å²) in [5.41, 5.74) is 10.2. The number of nitrogens with two attached hydrogens (primary N) is 1. The number of amides is 1. The lowest BCUT2D eigenvalue weighted by atomic mass is 9.94. The highest BCUT2D eigenvalue weighted by Gasteiger charge is 2.33. The largest absolute Gasteiger partial charge is 0.478 e. The van der Waals surface area contributed by atoms with Crippen LogP contribution in [0.15, 0.2) is 48.5 Å². The fraction of sp³-hybridized carbons (Fsp3) is 0.227. The van der Waals surface area contributed by atoms with Crippen molar-refractivity contribution in [3.63, 3.8) is 0 Å². The summed E-state index contributed by atoms with van der Waals surface area (Å²) in [5.74, 6) is -1.33. The summed E-state index contributed by atoms with van der Waals surface area (Å²) in [7, 11) is 0. The van der Waals surface area contributed by atoms with E-state index in [0.717, 1.165) is 28.1 Å². The zero-order valence-electron chi connectivity index (χ0n) is 16.1. The molecule has 1 amide bonds. The zero-order valence-corrected chi connectivity index (χ0v) is 16.9. The van der Waals surface area contributed by atoms with Gasteiger partial charge in [-0.25, -0.2) is 4.79 Å². The molecule has 0 spiro atoms. The van der Waals surface area contributed by atoms with Crippen molar-refractivity contribution in [2.45, 2.75) is 25.4 Å². The Morgan fingerprint density at radius 1 is 1.20 bits per heavy atom. The Morgan fingerprint density at radius 3 is 2.63 bits per heavy atom. The summed E-state index contributed by atoms with van der Waals surface area (Å²) >= 11 is 6.12. The van der Waals surface area contributed by atoms with Gasteiger partial charge in [0.05, 0.1) is 36.0 Å². The molecule has 0 saturated heterocycles. The number of halogens is 1. The van der Waals surface area contributed by atoms with Gasteiger partial charge < -0.3 is 15.7 Å². The molecule has 0 aliphatic carbocycles. The van der Waals surface area contributed by atoms with Gasteiger partial charge in [0.15, 0.2) is 0 Å². The molecular weight excluding hydrogens is 404 g/mol. The summed E-state index contributed by atoms with van der Waals surface area (Å²) in [6.07, 6.45) is 0.533. The Kier molecular flexibility index (Phi) is 5.57. The highest BCUT2D eigenvalue weighted by atomic mass is 35.5. The number of aromatic nitrogens is 2. The highest BCUT2D eigenvalue weighted by Crippen LogP contribution is 2.33. The van der Waals surface area contributed by atoms with Crippen LogP contribution in [0.3, 0.4) is 0 Å². The van der Waals surface area contributed by atoms with Crippen LogP contribution in [-0.2, 0) is 17.9 Å². The van der Waals surface area contributed by atoms with Gasteiger partial charge in [-0.3, -0.25) is 9.89 Å². The van der Waals surface area contributed by atoms with Gasteiger partial charge in [0.25, 0.3) is 0 Å². The number of nitrogens with zero attached hydrogens (tertiary/aromatic N) is 2. The topological polar surface area (TPSA) is 112 Å². The number of benzene rings is 2. The Morgan fingerprint density at radius 2 is 1.97 bits per heavy atom. The van der Waals surface area contributed by atoms with E-state index >= 15 is 0 Å². The number of aromatic amines is 1. The molecule has 0 bridgehead atoms. The van der Waals surface area contributed by atoms with Gasteiger partial charge in [-0.1, -0.05) is 35.9 Å². The molecule has 4 N–H and O–H groups in total. The lowest BCUT2D eigenvalue weighted by Gasteiger charge is -2.23. The van der Waals surface area contributed by atoms with Crippen LogP contribution in [0.5, 0.6) is 0 Å². The molecular formula is C22H21ClN4O3. The number of aromatic carboxylic acids is 1. The maximum absolute atomic E-state index is 13.3. The minimum atomic E-state index is -0.975. The molecule has 0 fully saturated rings. The maximum Gasteiger partial charge on any atom is 0.335 e. The van der Waals surface area contributed by atoms with Crippen LogP contribution in [0.2, 0.25) is 5.02 Å². The van der Waals surface area contributed by atoms with Crippen LogP contribution in [0.1, 0.15) is 39.5 Å². The smallest absolute Gasteiger partial charge is 0.335 e. The first-order valence-electron chi connectivity index (χ1n) is 9.62. The van der Waals surface area contributed by atoms with E-state index < -0.39 is 5.97 Å². The Labute approximate surface area is 178 Å². The fourth-order valence-corrected chi connectivity index (χ4v) is 4.05. The first-order chi connectivity index (χ1) is 14.5. The lowest BCUT2D eigenvalue weighted by Crippen LogP contribution is -2.32. The van der Waals surface area contributed by atoms with Crippen molar-refractivity contribution in [3.05, 3.63) is 75.9 Å². The summed E-state index contributed by atoms with van der Waals surface area (Å²) in [6.45, 7) is 1.27. The van der Waals surface area contributed by atoms with Gasteiger partial charge in [0, 0.05) is 16.1 Å². The molecule has 0 saturated carbocycles. The number of carboxylic acid groups (broad SMARTS) is 1. The summed E-state index contributed by atoms with van der Waals surface area (Å²) in [5, 5.41) is 17.1. The highest BCUT2D eigenvalue weighted by molar-refractivity contribution is 6.30. The van der Waals surface area contributed by atoms with Crippen molar-refractivity contribution >= 4 is 23.5 Å². The number of rotatable bonds is 6. The van der Waals surface area contributed by atoms with Crippen molar-refractivity contribution in [2.75, 3.05) is 6.54 Å². The van der Waals surface area contributed by atoms with E-state index in [1.165, 1.54) is 0 Å². The second kappa shape index (κ2) is 8.30. The van der Waals surface area contributed by atoms with Gasteiger partial charge in [-0.05, 0) is 42.8 Å². The molecule has 2 heterocycles. The average molecular weight is 425 g/mol. The molecule has 7 nitrogen and oxygen atoms in total. The van der Waals surface area contributed by atoms with E-state index in [4.69, 9.17) is 22.4 Å². The SMILES string of the molecule is NCCC(C(=O)N1Cc2[nH]nc(-c3ccc(C(=O)O)cc3)c2C1)c1cccc(Cl)c1. The van der Waals surface area contributed by atoms with Crippen LogP contribution in [0.25, 0.3) is 11.3 Å². The van der Waals surface area contributed by atoms with Gasteiger partial charge in [-0.2, -0.15) is 5.10 Å². The van der Waals surface area contributed by atoms with E-state index in [9.17, 15) is 9.59 Å². The number of carboxylic acids is 1. The van der Waals surface area contributed by atoms with Gasteiger partial charge >= 0.3 is 5.97 Å².